The van der Waals surface area contributed by atoms with Crippen molar-refractivity contribution in [1.82, 2.24) is 14.9 Å². The molecule has 1 aromatic heterocycles. The number of nitrogens with zero attached hydrogens (tertiary/aromatic N) is 1. The van der Waals surface area contributed by atoms with Gasteiger partial charge in [0.2, 0.25) is 10.0 Å². The van der Waals surface area contributed by atoms with E-state index in [2.05, 4.69) is 14.9 Å². The number of carbonyl (C=O) groups is 1. The molecule has 1 atom stereocenters. The van der Waals surface area contributed by atoms with E-state index in [9.17, 15) is 13.2 Å². The van der Waals surface area contributed by atoms with Crippen molar-refractivity contribution in [1.29, 1.82) is 0 Å². The highest BCUT2D eigenvalue weighted by Crippen LogP contribution is 2.17. The van der Waals surface area contributed by atoms with E-state index in [4.69, 9.17) is 9.15 Å². The molecule has 8 nitrogen and oxygen atoms in total. The van der Waals surface area contributed by atoms with Crippen LogP contribution in [0.1, 0.15) is 27.7 Å². The summed E-state index contributed by atoms with van der Waals surface area (Å²) < 4.78 is 38.1. The van der Waals surface area contributed by atoms with Crippen molar-refractivity contribution in [2.45, 2.75) is 17.5 Å². The molecule has 4 rings (SSSR count). The number of carbonyl (C=O) groups excluding carboxylic acids is 1. The fourth-order valence-electron chi connectivity index (χ4n) is 3.65. The summed E-state index contributed by atoms with van der Waals surface area (Å²) in [6.45, 7) is 3.71. The van der Waals surface area contributed by atoms with Crippen molar-refractivity contribution < 1.29 is 22.4 Å². The highest BCUT2D eigenvalue weighted by molar-refractivity contribution is 7.89. The van der Waals surface area contributed by atoms with Crippen molar-refractivity contribution >= 4 is 15.9 Å². The van der Waals surface area contributed by atoms with Crippen molar-refractivity contribution in [2.75, 3.05) is 32.8 Å². The second-order valence-corrected chi connectivity index (χ2v) is 9.54. The minimum absolute atomic E-state index is 0.0534. The van der Waals surface area contributed by atoms with Gasteiger partial charge >= 0.3 is 0 Å². The molecule has 1 aliphatic heterocycles. The zero-order chi connectivity index (χ0) is 23.1. The number of morpholine rings is 1. The summed E-state index contributed by atoms with van der Waals surface area (Å²) in [4.78, 5) is 15.3. The average molecular weight is 470 g/mol. The molecule has 1 unspecified atom stereocenters. The first-order valence-electron chi connectivity index (χ1n) is 10.8. The standard InChI is InChI=1S/C24H27N3O5S/c28-24(26-23(19-5-2-1-3-6-19)18-27-12-15-31-16-13-27)20-8-10-22(11-9-20)33(29,30)25-17-21-7-4-14-32-21/h1-11,14,23,25H,12-13,15-18H2,(H,26,28). The maximum Gasteiger partial charge on any atom is 0.251 e. The quantitative estimate of drug-likeness (QED) is 0.500. The molecule has 0 bridgehead atoms. The summed E-state index contributed by atoms with van der Waals surface area (Å²) in [6, 6.07) is 18.9. The van der Waals surface area contributed by atoms with Crippen LogP contribution in [0.4, 0.5) is 0 Å². The van der Waals surface area contributed by atoms with Crippen LogP contribution in [0.3, 0.4) is 0 Å². The number of benzene rings is 2. The SMILES string of the molecule is O=C(NC(CN1CCOCC1)c1ccccc1)c1ccc(S(=O)(=O)NCc2ccco2)cc1. The Morgan fingerprint density at radius 2 is 1.70 bits per heavy atom. The highest BCUT2D eigenvalue weighted by atomic mass is 32.2. The molecule has 1 aliphatic rings. The Morgan fingerprint density at radius 3 is 2.36 bits per heavy atom. The number of hydrogen-bond acceptors (Lipinski definition) is 6. The second kappa shape index (κ2) is 10.8. The number of rotatable bonds is 9. The molecule has 174 valence electrons. The van der Waals surface area contributed by atoms with E-state index < -0.39 is 10.0 Å². The van der Waals surface area contributed by atoms with Crippen LogP contribution in [0, 0.1) is 0 Å². The molecule has 2 aromatic carbocycles. The van der Waals surface area contributed by atoms with Gasteiger partial charge in [-0.1, -0.05) is 30.3 Å². The molecule has 2 heterocycles. The molecule has 0 aliphatic carbocycles. The van der Waals surface area contributed by atoms with Crippen LogP contribution in [0.5, 0.6) is 0 Å². The monoisotopic (exact) mass is 469 g/mol. The second-order valence-electron chi connectivity index (χ2n) is 7.78. The summed E-state index contributed by atoms with van der Waals surface area (Å²) in [5, 5.41) is 3.10. The Labute approximate surface area is 193 Å². The first kappa shape index (κ1) is 23.2. The van der Waals surface area contributed by atoms with E-state index in [1.165, 1.54) is 30.5 Å². The zero-order valence-corrected chi connectivity index (χ0v) is 19.0. The number of nitrogens with one attached hydrogen (secondary N) is 2. The third-order valence-corrected chi connectivity index (χ3v) is 6.91. The number of amides is 1. The third-order valence-electron chi connectivity index (χ3n) is 5.50. The van der Waals surface area contributed by atoms with E-state index in [0.29, 0.717) is 31.1 Å². The molecular formula is C24H27N3O5S. The molecule has 0 saturated carbocycles. The van der Waals surface area contributed by atoms with Crippen LogP contribution in [0.2, 0.25) is 0 Å². The van der Waals surface area contributed by atoms with Gasteiger partial charge in [-0.3, -0.25) is 9.69 Å². The van der Waals surface area contributed by atoms with Gasteiger partial charge in [0.25, 0.3) is 5.91 Å². The van der Waals surface area contributed by atoms with Crippen molar-refractivity contribution in [3.8, 4) is 0 Å². The number of hydrogen-bond donors (Lipinski definition) is 2. The van der Waals surface area contributed by atoms with Gasteiger partial charge in [-0.2, -0.15) is 0 Å². The van der Waals surface area contributed by atoms with Crippen LogP contribution in [-0.2, 0) is 21.3 Å². The van der Waals surface area contributed by atoms with E-state index in [0.717, 1.165) is 18.7 Å². The Balaban J connectivity index is 1.43. The Hall–Kier alpha value is -2.98. The number of furan rings is 1. The molecule has 0 spiro atoms. The predicted octanol–water partition coefficient (Wildman–Crippen LogP) is 2.56. The number of ether oxygens (including phenoxy) is 1. The Kier molecular flexibility index (Phi) is 7.56. The molecule has 3 aromatic rings. The Morgan fingerprint density at radius 1 is 0.970 bits per heavy atom. The van der Waals surface area contributed by atoms with Gasteiger partial charge in [0.1, 0.15) is 5.76 Å². The summed E-state index contributed by atoms with van der Waals surface area (Å²) in [7, 11) is -3.72. The van der Waals surface area contributed by atoms with Gasteiger partial charge < -0.3 is 14.5 Å². The maximum atomic E-state index is 13.0. The summed E-state index contributed by atoms with van der Waals surface area (Å²) >= 11 is 0. The van der Waals surface area contributed by atoms with Gasteiger partial charge in [0, 0.05) is 25.2 Å². The van der Waals surface area contributed by atoms with Crippen LogP contribution >= 0.6 is 0 Å². The van der Waals surface area contributed by atoms with E-state index in [1.807, 2.05) is 30.3 Å². The maximum absolute atomic E-state index is 13.0. The smallest absolute Gasteiger partial charge is 0.251 e. The highest BCUT2D eigenvalue weighted by Gasteiger charge is 2.21. The molecule has 2 N–H and O–H groups in total. The zero-order valence-electron chi connectivity index (χ0n) is 18.1. The van der Waals surface area contributed by atoms with E-state index in [-0.39, 0.29) is 23.4 Å². The minimum Gasteiger partial charge on any atom is -0.468 e. The van der Waals surface area contributed by atoms with Crippen molar-refractivity contribution in [3.05, 3.63) is 89.9 Å². The lowest BCUT2D eigenvalue weighted by Gasteiger charge is -2.31. The largest absolute Gasteiger partial charge is 0.468 e. The summed E-state index contributed by atoms with van der Waals surface area (Å²) in [5.41, 5.74) is 1.40. The lowest BCUT2D eigenvalue weighted by molar-refractivity contribution is 0.0332. The van der Waals surface area contributed by atoms with E-state index >= 15 is 0 Å². The van der Waals surface area contributed by atoms with Crippen LogP contribution in [0.15, 0.2) is 82.3 Å². The normalized spacial score (nSPS) is 15.8. The molecule has 1 amide bonds. The summed E-state index contributed by atoms with van der Waals surface area (Å²) in [5.74, 6) is 0.256. The van der Waals surface area contributed by atoms with Gasteiger partial charge in [-0.05, 0) is 42.0 Å². The van der Waals surface area contributed by atoms with Gasteiger partial charge in [0.05, 0.1) is 37.0 Å². The lowest BCUT2D eigenvalue weighted by Crippen LogP contribution is -2.43. The molecule has 1 fully saturated rings. The predicted molar refractivity (Wildman–Crippen MR) is 123 cm³/mol. The Bertz CT molecular complexity index is 1130. The first-order valence-corrected chi connectivity index (χ1v) is 12.3. The topological polar surface area (TPSA) is 101 Å². The fraction of sp³-hybridized carbons (Fsp3) is 0.292. The van der Waals surface area contributed by atoms with Gasteiger partial charge in [0.15, 0.2) is 0 Å². The third kappa shape index (κ3) is 6.29. The average Bonchev–Trinajstić information content (AvgIpc) is 3.38. The van der Waals surface area contributed by atoms with Crippen LogP contribution in [-0.4, -0.2) is 52.1 Å². The molecule has 0 radical (unpaired) electrons. The van der Waals surface area contributed by atoms with Crippen LogP contribution in [0.25, 0.3) is 0 Å². The summed E-state index contributed by atoms with van der Waals surface area (Å²) in [6.07, 6.45) is 1.48. The molecule has 33 heavy (non-hydrogen) atoms. The molecule has 9 heteroatoms. The lowest BCUT2D eigenvalue weighted by atomic mass is 10.1. The fourth-order valence-corrected chi connectivity index (χ4v) is 4.64. The van der Waals surface area contributed by atoms with Crippen LogP contribution < -0.4 is 10.0 Å². The number of sulfonamides is 1. The molecule has 1 saturated heterocycles. The molecular weight excluding hydrogens is 442 g/mol. The van der Waals surface area contributed by atoms with Gasteiger partial charge in [-0.15, -0.1) is 0 Å². The first-order chi connectivity index (χ1) is 16.0. The van der Waals surface area contributed by atoms with Gasteiger partial charge in [-0.25, -0.2) is 13.1 Å². The minimum atomic E-state index is -3.72. The van der Waals surface area contributed by atoms with E-state index in [1.54, 1.807) is 12.1 Å². The van der Waals surface area contributed by atoms with Crippen molar-refractivity contribution in [3.63, 3.8) is 0 Å². The van der Waals surface area contributed by atoms with Crippen molar-refractivity contribution in [2.24, 2.45) is 0 Å².